The van der Waals surface area contributed by atoms with E-state index in [0.717, 1.165) is 0 Å². The van der Waals surface area contributed by atoms with Crippen LogP contribution < -0.4 is 29.6 Å². The van der Waals surface area contributed by atoms with Crippen molar-refractivity contribution in [2.45, 2.75) is 12.7 Å². The summed E-state index contributed by atoms with van der Waals surface area (Å²) in [5.41, 5.74) is 0. The van der Waals surface area contributed by atoms with Gasteiger partial charge in [-0.15, -0.1) is 0 Å². The first-order valence-electron chi connectivity index (χ1n) is 3.29. The molecule has 0 aliphatic heterocycles. The van der Waals surface area contributed by atoms with Gasteiger partial charge in [-0.05, 0) is 0 Å². The Balaban J connectivity index is 0. The van der Waals surface area contributed by atoms with Crippen LogP contribution in [0.3, 0.4) is 0 Å². The van der Waals surface area contributed by atoms with Crippen molar-refractivity contribution in [3.63, 3.8) is 0 Å². The van der Waals surface area contributed by atoms with E-state index in [1.54, 1.807) is 0 Å². The van der Waals surface area contributed by atoms with E-state index >= 15 is 0 Å². The zero-order chi connectivity index (χ0) is 9.61. The summed E-state index contributed by atoms with van der Waals surface area (Å²) in [6.07, 6.45) is -1.47. The van der Waals surface area contributed by atoms with E-state index in [-0.39, 0.29) is 49.2 Å². The Morgan fingerprint density at radius 3 is 2.23 bits per heavy atom. The van der Waals surface area contributed by atoms with Gasteiger partial charge in [0.1, 0.15) is 0 Å². The summed E-state index contributed by atoms with van der Waals surface area (Å²) >= 11 is 0. The number of ether oxygens (including phenoxy) is 1. The minimum absolute atomic E-state index is 0. The maximum atomic E-state index is 9.99. The van der Waals surface area contributed by atoms with Crippen molar-refractivity contribution in [1.82, 2.24) is 0 Å². The summed E-state index contributed by atoms with van der Waals surface area (Å²) in [7, 11) is -4.22. The predicted octanol–water partition coefficient (Wildman–Crippen LogP) is -4.75. The van der Waals surface area contributed by atoms with Gasteiger partial charge >= 0.3 is 29.6 Å². The first-order valence-corrected chi connectivity index (χ1v) is 4.87. The molecule has 0 aromatic rings. The van der Waals surface area contributed by atoms with Gasteiger partial charge in [0, 0.05) is 6.42 Å². The first kappa shape index (κ1) is 16.2. The third kappa shape index (κ3) is 15.5. The first-order chi connectivity index (χ1) is 5.42. The molecule has 0 unspecified atom stereocenters. The Morgan fingerprint density at radius 2 is 1.85 bits per heavy atom. The van der Waals surface area contributed by atoms with Crippen LogP contribution in [0.1, 0.15) is 6.42 Å². The van der Waals surface area contributed by atoms with E-state index in [0.29, 0.717) is 0 Å². The van der Waals surface area contributed by atoms with Crippen LogP contribution >= 0.6 is 0 Å². The largest absolute Gasteiger partial charge is 1.00 e. The number of aliphatic hydroxyl groups is 2. The van der Waals surface area contributed by atoms with Crippen LogP contribution in [0.15, 0.2) is 0 Å². The monoisotopic (exact) mass is 222 g/mol. The Morgan fingerprint density at radius 1 is 1.31 bits per heavy atom. The smallest absolute Gasteiger partial charge is 0.748 e. The predicted molar refractivity (Wildman–Crippen MR) is 38.2 cm³/mol. The van der Waals surface area contributed by atoms with E-state index in [2.05, 4.69) is 4.74 Å². The minimum atomic E-state index is -4.22. The van der Waals surface area contributed by atoms with Gasteiger partial charge in [-0.3, -0.25) is 0 Å². The van der Waals surface area contributed by atoms with Crippen LogP contribution in [0.5, 0.6) is 0 Å². The maximum absolute atomic E-state index is 9.99. The van der Waals surface area contributed by atoms with E-state index in [4.69, 9.17) is 10.2 Å². The van der Waals surface area contributed by atoms with Gasteiger partial charge in [-0.1, -0.05) is 0 Å². The molecule has 0 amide bonds. The molecule has 6 nitrogen and oxygen atoms in total. The molecule has 0 aliphatic rings. The van der Waals surface area contributed by atoms with Crippen LogP contribution in [0.25, 0.3) is 0 Å². The molecule has 2 N–H and O–H groups in total. The Labute approximate surface area is 98.9 Å². The molecule has 0 aromatic carbocycles. The summed E-state index contributed by atoms with van der Waals surface area (Å²) in [5, 5.41) is 16.6. The second kappa shape index (κ2) is 8.13. The van der Waals surface area contributed by atoms with Crippen molar-refractivity contribution >= 4 is 10.1 Å². The van der Waals surface area contributed by atoms with Crippen molar-refractivity contribution in [1.29, 1.82) is 0 Å². The van der Waals surface area contributed by atoms with Crippen molar-refractivity contribution < 1.29 is 57.5 Å². The standard InChI is InChI=1S/C5H12O6S.Na/c6-5(7)1-2-11-3-4-12(8,9)10;/h5-7H,1-4H2,(H,8,9,10);/q;+1/p-1. The van der Waals surface area contributed by atoms with E-state index in [1.807, 2.05) is 0 Å². The molecule has 0 rings (SSSR count). The zero-order valence-electron chi connectivity index (χ0n) is 7.34. The molecule has 0 heterocycles. The van der Waals surface area contributed by atoms with Crippen molar-refractivity contribution in [3.8, 4) is 0 Å². The van der Waals surface area contributed by atoms with E-state index in [9.17, 15) is 13.0 Å². The molecule has 0 fully saturated rings. The molecule has 0 spiro atoms. The summed E-state index contributed by atoms with van der Waals surface area (Å²) in [4.78, 5) is 0. The molecule has 8 heteroatoms. The Hall–Kier alpha value is 0.790. The Bertz CT molecular complexity index is 201. The third-order valence-electron chi connectivity index (χ3n) is 0.998. The van der Waals surface area contributed by atoms with E-state index < -0.39 is 22.2 Å². The molecule has 0 aliphatic carbocycles. The van der Waals surface area contributed by atoms with Gasteiger partial charge in [0.05, 0.1) is 29.1 Å². The van der Waals surface area contributed by atoms with Gasteiger partial charge in [0.25, 0.3) is 0 Å². The van der Waals surface area contributed by atoms with Crippen LogP contribution in [0.4, 0.5) is 0 Å². The van der Waals surface area contributed by atoms with Crippen molar-refractivity contribution in [3.05, 3.63) is 0 Å². The number of hydrogen-bond acceptors (Lipinski definition) is 6. The average molecular weight is 222 g/mol. The Kier molecular flexibility index (Phi) is 10.1. The van der Waals surface area contributed by atoms with Gasteiger partial charge in [-0.2, -0.15) is 0 Å². The SMILES string of the molecule is O=S(=O)([O-])CCOCCC(O)O.[Na+]. The summed E-state index contributed by atoms with van der Waals surface area (Å²) in [6.45, 7) is -0.189. The molecular formula is C5H11NaO6S. The summed E-state index contributed by atoms with van der Waals surface area (Å²) < 4.78 is 34.6. The van der Waals surface area contributed by atoms with Crippen molar-refractivity contribution in [2.24, 2.45) is 0 Å². The van der Waals surface area contributed by atoms with Gasteiger partial charge in [0.15, 0.2) is 6.29 Å². The van der Waals surface area contributed by atoms with Crippen LogP contribution in [-0.4, -0.2) is 48.4 Å². The fraction of sp³-hybridized carbons (Fsp3) is 1.00. The van der Waals surface area contributed by atoms with Crippen LogP contribution in [-0.2, 0) is 14.9 Å². The molecule has 0 aromatic heterocycles. The summed E-state index contributed by atoms with van der Waals surface area (Å²) in [6, 6.07) is 0. The summed E-state index contributed by atoms with van der Waals surface area (Å²) in [5.74, 6) is -0.589. The van der Waals surface area contributed by atoms with Crippen molar-refractivity contribution in [2.75, 3.05) is 19.0 Å². The van der Waals surface area contributed by atoms with Gasteiger partial charge in [0.2, 0.25) is 0 Å². The topological polar surface area (TPSA) is 107 Å². The molecular weight excluding hydrogens is 211 g/mol. The second-order valence-corrected chi connectivity index (χ2v) is 3.67. The normalized spacial score (nSPS) is 11.4. The number of rotatable bonds is 6. The molecule has 74 valence electrons. The fourth-order valence-corrected chi connectivity index (χ4v) is 0.774. The van der Waals surface area contributed by atoms with Crippen LogP contribution in [0, 0.1) is 0 Å². The van der Waals surface area contributed by atoms with Crippen LogP contribution in [0.2, 0.25) is 0 Å². The number of aliphatic hydroxyl groups excluding tert-OH is 1. The minimum Gasteiger partial charge on any atom is -0.748 e. The molecule has 0 bridgehead atoms. The average Bonchev–Trinajstić information content (AvgIpc) is 1.83. The zero-order valence-corrected chi connectivity index (χ0v) is 10.2. The second-order valence-electron chi connectivity index (χ2n) is 2.14. The molecule has 0 radical (unpaired) electrons. The molecule has 0 saturated carbocycles. The quantitative estimate of drug-likeness (QED) is 0.202. The third-order valence-corrected chi connectivity index (χ3v) is 1.66. The van der Waals surface area contributed by atoms with Gasteiger partial charge in [-0.25, -0.2) is 8.42 Å². The molecule has 0 saturated heterocycles. The number of hydrogen-bond donors (Lipinski definition) is 2. The van der Waals surface area contributed by atoms with Gasteiger partial charge < -0.3 is 19.5 Å². The maximum Gasteiger partial charge on any atom is 1.00 e. The molecule has 13 heavy (non-hydrogen) atoms. The molecule has 0 atom stereocenters. The fourth-order valence-electron chi connectivity index (χ4n) is 0.452. The van der Waals surface area contributed by atoms with E-state index in [1.165, 1.54) is 0 Å².